The number of carbonyl (C=O) groups excluding carboxylic acids is 2. The number of halogens is 1. The van der Waals surface area contributed by atoms with Gasteiger partial charge in [-0.3, -0.25) is 10.2 Å². The lowest BCUT2D eigenvalue weighted by molar-refractivity contribution is 0.0483. The van der Waals surface area contributed by atoms with Crippen molar-refractivity contribution in [2.24, 2.45) is 0 Å². The van der Waals surface area contributed by atoms with E-state index in [4.69, 9.17) is 16.3 Å². The van der Waals surface area contributed by atoms with E-state index >= 15 is 0 Å². The molecule has 6 heteroatoms. The molecule has 0 aliphatic rings. The predicted molar refractivity (Wildman–Crippen MR) is 68.3 cm³/mol. The minimum Gasteiger partial charge on any atom is -0.443 e. The van der Waals surface area contributed by atoms with E-state index in [2.05, 4.69) is 10.9 Å². The van der Waals surface area contributed by atoms with E-state index in [0.717, 1.165) is 0 Å². The minimum atomic E-state index is -0.733. The van der Waals surface area contributed by atoms with E-state index in [1.165, 1.54) is 0 Å². The summed E-state index contributed by atoms with van der Waals surface area (Å²) in [6, 6.07) is 6.52. The van der Waals surface area contributed by atoms with Gasteiger partial charge in [0.05, 0.1) is 10.6 Å². The number of ether oxygens (including phenoxy) is 1. The fraction of sp³-hybridized carbons (Fsp3) is 0.333. The Labute approximate surface area is 110 Å². The van der Waals surface area contributed by atoms with Crippen LogP contribution in [-0.4, -0.2) is 17.6 Å². The summed E-state index contributed by atoms with van der Waals surface area (Å²) in [5.74, 6) is -0.508. The number of hydrogen-bond donors (Lipinski definition) is 2. The SMILES string of the molecule is CC(C)(C)OC(=O)NNC(=O)c1ccccc1Cl. The van der Waals surface area contributed by atoms with Gasteiger partial charge in [0.2, 0.25) is 0 Å². The first-order valence-corrected chi connectivity index (χ1v) is 5.71. The van der Waals surface area contributed by atoms with Gasteiger partial charge in [0.15, 0.2) is 0 Å². The van der Waals surface area contributed by atoms with Gasteiger partial charge in [0.25, 0.3) is 5.91 Å². The van der Waals surface area contributed by atoms with Gasteiger partial charge in [0.1, 0.15) is 5.60 Å². The Kier molecular flexibility index (Phi) is 4.55. The van der Waals surface area contributed by atoms with Gasteiger partial charge in [0, 0.05) is 0 Å². The van der Waals surface area contributed by atoms with Crippen molar-refractivity contribution < 1.29 is 14.3 Å². The monoisotopic (exact) mass is 270 g/mol. The van der Waals surface area contributed by atoms with Crippen LogP contribution in [0.3, 0.4) is 0 Å². The second-order valence-electron chi connectivity index (χ2n) is 4.56. The summed E-state index contributed by atoms with van der Waals surface area (Å²) < 4.78 is 4.96. The van der Waals surface area contributed by atoms with E-state index < -0.39 is 17.6 Å². The van der Waals surface area contributed by atoms with E-state index in [-0.39, 0.29) is 5.56 Å². The molecule has 0 aliphatic carbocycles. The molecule has 2 amide bonds. The summed E-state index contributed by atoms with van der Waals surface area (Å²) in [5, 5.41) is 0.306. The van der Waals surface area contributed by atoms with Crippen LogP contribution < -0.4 is 10.9 Å². The Hall–Kier alpha value is -1.75. The molecule has 98 valence electrons. The highest BCUT2D eigenvalue weighted by molar-refractivity contribution is 6.33. The van der Waals surface area contributed by atoms with Crippen LogP contribution in [0.1, 0.15) is 31.1 Å². The second-order valence-corrected chi connectivity index (χ2v) is 4.97. The number of hydrazine groups is 1. The molecule has 0 spiro atoms. The summed E-state index contributed by atoms with van der Waals surface area (Å²) in [6.07, 6.45) is -0.733. The fourth-order valence-electron chi connectivity index (χ4n) is 1.12. The van der Waals surface area contributed by atoms with Crippen LogP contribution >= 0.6 is 11.6 Å². The fourth-order valence-corrected chi connectivity index (χ4v) is 1.35. The summed E-state index contributed by atoms with van der Waals surface area (Å²) in [5.41, 5.74) is 4.01. The lowest BCUT2D eigenvalue weighted by Gasteiger charge is -2.19. The van der Waals surface area contributed by atoms with Crippen LogP contribution in [0.5, 0.6) is 0 Å². The first-order valence-electron chi connectivity index (χ1n) is 5.33. The van der Waals surface area contributed by atoms with Gasteiger partial charge in [-0.1, -0.05) is 23.7 Å². The van der Waals surface area contributed by atoms with Crippen LogP contribution in [0.2, 0.25) is 5.02 Å². The number of nitrogens with one attached hydrogen (secondary N) is 2. The summed E-state index contributed by atoms with van der Waals surface area (Å²) in [6.45, 7) is 5.17. The number of rotatable bonds is 1. The summed E-state index contributed by atoms with van der Waals surface area (Å²) in [7, 11) is 0. The molecule has 0 aliphatic heterocycles. The van der Waals surface area contributed by atoms with Crippen molar-refractivity contribution >= 4 is 23.6 Å². The van der Waals surface area contributed by atoms with Gasteiger partial charge in [-0.25, -0.2) is 10.2 Å². The molecule has 1 aromatic carbocycles. The molecular formula is C12H15ClN2O3. The Morgan fingerprint density at radius 2 is 1.78 bits per heavy atom. The van der Waals surface area contributed by atoms with E-state index in [9.17, 15) is 9.59 Å². The molecule has 0 heterocycles. The zero-order valence-electron chi connectivity index (χ0n) is 10.4. The minimum absolute atomic E-state index is 0.273. The molecule has 1 rings (SSSR count). The number of amides is 2. The second kappa shape index (κ2) is 5.73. The summed E-state index contributed by atoms with van der Waals surface area (Å²) >= 11 is 5.84. The molecule has 0 atom stereocenters. The molecule has 1 aromatic rings. The zero-order chi connectivity index (χ0) is 13.8. The van der Waals surface area contributed by atoms with E-state index in [0.29, 0.717) is 5.02 Å². The molecule has 0 unspecified atom stereocenters. The Morgan fingerprint density at radius 1 is 1.17 bits per heavy atom. The Morgan fingerprint density at radius 3 is 2.33 bits per heavy atom. The molecule has 0 saturated heterocycles. The van der Waals surface area contributed by atoms with Gasteiger partial charge >= 0.3 is 6.09 Å². The third-order valence-corrected chi connectivity index (χ3v) is 2.13. The topological polar surface area (TPSA) is 67.4 Å². The number of hydrogen-bond acceptors (Lipinski definition) is 3. The van der Waals surface area contributed by atoms with Crippen LogP contribution in [-0.2, 0) is 4.74 Å². The molecule has 0 saturated carbocycles. The van der Waals surface area contributed by atoms with Gasteiger partial charge in [-0.05, 0) is 32.9 Å². The van der Waals surface area contributed by atoms with E-state index in [1.54, 1.807) is 45.0 Å². The summed E-state index contributed by atoms with van der Waals surface area (Å²) in [4.78, 5) is 23.0. The maximum absolute atomic E-state index is 11.7. The molecule has 0 radical (unpaired) electrons. The van der Waals surface area contributed by atoms with Crippen LogP contribution in [0, 0.1) is 0 Å². The number of carbonyl (C=O) groups is 2. The van der Waals surface area contributed by atoms with Gasteiger partial charge in [-0.2, -0.15) is 0 Å². The molecule has 18 heavy (non-hydrogen) atoms. The van der Waals surface area contributed by atoms with Crippen molar-refractivity contribution in [1.82, 2.24) is 10.9 Å². The maximum atomic E-state index is 11.7. The smallest absolute Gasteiger partial charge is 0.426 e. The standard InChI is InChI=1S/C12H15ClN2O3/c1-12(2,3)18-11(17)15-14-10(16)8-6-4-5-7-9(8)13/h4-7H,1-3H3,(H,14,16)(H,15,17). The first kappa shape index (κ1) is 14.3. The van der Waals surface area contributed by atoms with Gasteiger partial charge < -0.3 is 4.74 Å². The normalized spacial score (nSPS) is 10.7. The Balaban J connectivity index is 2.52. The van der Waals surface area contributed by atoms with Crippen molar-refractivity contribution in [2.45, 2.75) is 26.4 Å². The van der Waals surface area contributed by atoms with Crippen molar-refractivity contribution in [2.75, 3.05) is 0 Å². The highest BCUT2D eigenvalue weighted by atomic mass is 35.5. The molecule has 0 aromatic heterocycles. The molecule has 2 N–H and O–H groups in total. The van der Waals surface area contributed by atoms with Crippen LogP contribution in [0.15, 0.2) is 24.3 Å². The molecule has 5 nitrogen and oxygen atoms in total. The largest absolute Gasteiger partial charge is 0.443 e. The third-order valence-electron chi connectivity index (χ3n) is 1.80. The number of benzene rings is 1. The first-order chi connectivity index (χ1) is 8.29. The molecular weight excluding hydrogens is 256 g/mol. The Bertz CT molecular complexity index is 455. The maximum Gasteiger partial charge on any atom is 0.426 e. The van der Waals surface area contributed by atoms with Crippen molar-refractivity contribution in [3.8, 4) is 0 Å². The van der Waals surface area contributed by atoms with Crippen LogP contribution in [0.4, 0.5) is 4.79 Å². The molecule has 0 fully saturated rings. The van der Waals surface area contributed by atoms with Crippen molar-refractivity contribution in [3.05, 3.63) is 34.9 Å². The predicted octanol–water partition coefficient (Wildman–Crippen LogP) is 2.51. The highest BCUT2D eigenvalue weighted by Crippen LogP contribution is 2.14. The lowest BCUT2D eigenvalue weighted by atomic mass is 10.2. The average molecular weight is 271 g/mol. The quantitative estimate of drug-likeness (QED) is 0.771. The highest BCUT2D eigenvalue weighted by Gasteiger charge is 2.17. The van der Waals surface area contributed by atoms with E-state index in [1.807, 2.05) is 0 Å². The third kappa shape index (κ3) is 4.63. The van der Waals surface area contributed by atoms with Gasteiger partial charge in [-0.15, -0.1) is 0 Å². The average Bonchev–Trinajstić information content (AvgIpc) is 2.24. The zero-order valence-corrected chi connectivity index (χ0v) is 11.2. The molecule has 0 bridgehead atoms. The van der Waals surface area contributed by atoms with Crippen molar-refractivity contribution in [3.63, 3.8) is 0 Å². The van der Waals surface area contributed by atoms with Crippen molar-refractivity contribution in [1.29, 1.82) is 0 Å². The lowest BCUT2D eigenvalue weighted by Crippen LogP contribution is -2.44. The van der Waals surface area contributed by atoms with Crippen LogP contribution in [0.25, 0.3) is 0 Å².